The topological polar surface area (TPSA) is 78.5 Å². The molecular weight excluding hydrogens is 414 g/mol. The van der Waals surface area contributed by atoms with Crippen LogP contribution in [0.3, 0.4) is 0 Å². The van der Waals surface area contributed by atoms with Crippen LogP contribution in [-0.2, 0) is 22.6 Å². The predicted octanol–water partition coefficient (Wildman–Crippen LogP) is 3.33. The number of carbonyl (C=O) groups excluding carboxylic acids is 3. The van der Waals surface area contributed by atoms with Crippen molar-refractivity contribution in [2.45, 2.75) is 95.3 Å². The Morgan fingerprint density at radius 2 is 1.76 bits per heavy atom. The lowest BCUT2D eigenvalue weighted by molar-refractivity contribution is -0.136. The Bertz CT molecular complexity index is 963. The second-order valence-corrected chi connectivity index (χ2v) is 11.2. The molecule has 5 atom stereocenters. The zero-order valence-electron chi connectivity index (χ0n) is 19.4. The number of rotatable bonds is 5. The van der Waals surface area contributed by atoms with Crippen LogP contribution in [0.2, 0.25) is 0 Å². The normalized spacial score (nSPS) is 35.8. The molecule has 6 nitrogen and oxygen atoms in total. The fourth-order valence-corrected chi connectivity index (χ4v) is 7.25. The number of piperidine rings is 1. The summed E-state index contributed by atoms with van der Waals surface area (Å²) in [5.74, 6) is 1.96. The second-order valence-electron chi connectivity index (χ2n) is 11.2. The first-order valence-corrected chi connectivity index (χ1v) is 13.1. The van der Waals surface area contributed by atoms with Crippen molar-refractivity contribution in [1.29, 1.82) is 0 Å². The summed E-state index contributed by atoms with van der Waals surface area (Å²) in [6.45, 7) is 0.464. The van der Waals surface area contributed by atoms with Crippen molar-refractivity contribution in [3.63, 3.8) is 0 Å². The summed E-state index contributed by atoms with van der Waals surface area (Å²) in [4.78, 5) is 38.4. The van der Waals surface area contributed by atoms with Crippen LogP contribution in [0.4, 0.5) is 0 Å². The first-order chi connectivity index (χ1) is 16.0. The van der Waals surface area contributed by atoms with Crippen LogP contribution in [0, 0.1) is 17.8 Å². The average Bonchev–Trinajstić information content (AvgIpc) is 3.25. The summed E-state index contributed by atoms with van der Waals surface area (Å²) in [6, 6.07) is 7.05. The van der Waals surface area contributed by atoms with Crippen molar-refractivity contribution in [1.82, 2.24) is 15.5 Å². The number of nitrogens with zero attached hydrogens (tertiary/aromatic N) is 1. The number of nitrogens with one attached hydrogen (secondary N) is 2. The van der Waals surface area contributed by atoms with E-state index in [0.29, 0.717) is 43.0 Å². The van der Waals surface area contributed by atoms with Crippen molar-refractivity contribution >= 4 is 17.7 Å². The molecule has 176 valence electrons. The maximum absolute atomic E-state index is 13.0. The molecule has 6 heteroatoms. The van der Waals surface area contributed by atoms with E-state index in [0.717, 1.165) is 23.8 Å². The Kier molecular flexibility index (Phi) is 5.52. The van der Waals surface area contributed by atoms with Gasteiger partial charge in [0.05, 0.1) is 0 Å². The number of imide groups is 1. The first-order valence-electron chi connectivity index (χ1n) is 13.1. The minimum absolute atomic E-state index is 0.0841. The van der Waals surface area contributed by atoms with Gasteiger partial charge in [-0.2, -0.15) is 0 Å². The molecule has 3 saturated carbocycles. The third-order valence-electron chi connectivity index (χ3n) is 9.19. The summed E-state index contributed by atoms with van der Waals surface area (Å²) in [7, 11) is 0. The Hall–Kier alpha value is -2.21. The molecule has 33 heavy (non-hydrogen) atoms. The highest BCUT2D eigenvalue weighted by molar-refractivity contribution is 6.05. The van der Waals surface area contributed by atoms with Crippen molar-refractivity contribution in [2.75, 3.05) is 0 Å². The first kappa shape index (κ1) is 21.3. The molecule has 6 rings (SSSR count). The van der Waals surface area contributed by atoms with Crippen molar-refractivity contribution in [2.24, 2.45) is 17.8 Å². The SMILES string of the molecule is O=C1CCC(N2Cc3cc(C[C@H]4CCCC[C@@H]4NC4CC5CCC5C4)ccc3C2=O)C(=O)N1. The summed E-state index contributed by atoms with van der Waals surface area (Å²) in [5, 5.41) is 6.46. The molecule has 3 aliphatic carbocycles. The fourth-order valence-electron chi connectivity index (χ4n) is 7.25. The van der Waals surface area contributed by atoms with Crippen LogP contribution in [0.1, 0.15) is 85.7 Å². The molecule has 0 spiro atoms. The minimum Gasteiger partial charge on any atom is -0.322 e. The third kappa shape index (κ3) is 4.01. The van der Waals surface area contributed by atoms with E-state index in [1.807, 2.05) is 6.07 Å². The molecule has 2 aliphatic heterocycles. The predicted molar refractivity (Wildman–Crippen MR) is 124 cm³/mol. The molecule has 2 N–H and O–H groups in total. The quantitative estimate of drug-likeness (QED) is 0.676. The van der Waals surface area contributed by atoms with Crippen LogP contribution in [-0.4, -0.2) is 40.7 Å². The lowest BCUT2D eigenvalue weighted by atomic mass is 9.77. The second kappa shape index (κ2) is 8.53. The number of fused-ring (bicyclic) bond motifs is 2. The van der Waals surface area contributed by atoms with Crippen molar-refractivity contribution in [3.8, 4) is 0 Å². The highest BCUT2D eigenvalue weighted by atomic mass is 16.2. The standard InChI is InChI=1S/C27H35N3O3/c31-25-10-9-24(26(32)29-25)30-15-20-12-16(5-8-22(20)27(30)33)11-19-3-1-2-4-23(19)28-21-13-17-6-7-18(17)14-21/h5,8,12,17-19,21,23-24,28H,1-4,6-7,9-11,13-15H2,(H,29,31,32)/t17?,18?,19-,21?,23+,24?/m1/s1. The smallest absolute Gasteiger partial charge is 0.255 e. The zero-order valence-corrected chi connectivity index (χ0v) is 19.4. The van der Waals surface area contributed by atoms with Crippen LogP contribution >= 0.6 is 0 Å². The lowest BCUT2D eigenvalue weighted by Gasteiger charge is -2.34. The van der Waals surface area contributed by atoms with Crippen molar-refractivity contribution in [3.05, 3.63) is 34.9 Å². The van der Waals surface area contributed by atoms with Crippen LogP contribution in [0.25, 0.3) is 0 Å². The molecule has 4 fully saturated rings. The maximum atomic E-state index is 13.0. The molecule has 3 unspecified atom stereocenters. The summed E-state index contributed by atoms with van der Waals surface area (Å²) in [5.41, 5.74) is 3.04. The molecule has 2 heterocycles. The van der Waals surface area contributed by atoms with Crippen LogP contribution in [0.15, 0.2) is 18.2 Å². The molecule has 1 saturated heterocycles. The molecule has 5 aliphatic rings. The average molecular weight is 450 g/mol. The van der Waals surface area contributed by atoms with E-state index in [1.54, 1.807) is 4.90 Å². The van der Waals surface area contributed by atoms with Gasteiger partial charge in [0.1, 0.15) is 6.04 Å². The zero-order chi connectivity index (χ0) is 22.5. The molecular formula is C27H35N3O3. The summed E-state index contributed by atoms with van der Waals surface area (Å²) >= 11 is 0. The number of amides is 3. The summed E-state index contributed by atoms with van der Waals surface area (Å²) < 4.78 is 0. The van der Waals surface area contributed by atoms with Crippen LogP contribution in [0.5, 0.6) is 0 Å². The molecule has 0 bridgehead atoms. The van der Waals surface area contributed by atoms with Crippen LogP contribution < -0.4 is 10.6 Å². The van der Waals surface area contributed by atoms with E-state index in [1.165, 1.54) is 56.9 Å². The Morgan fingerprint density at radius 3 is 2.52 bits per heavy atom. The van der Waals surface area contributed by atoms with Crippen molar-refractivity contribution < 1.29 is 14.4 Å². The van der Waals surface area contributed by atoms with E-state index < -0.39 is 6.04 Å². The number of benzene rings is 1. The Morgan fingerprint density at radius 1 is 0.970 bits per heavy atom. The van der Waals surface area contributed by atoms with E-state index in [4.69, 9.17) is 0 Å². The molecule has 0 radical (unpaired) electrons. The number of carbonyl (C=O) groups is 3. The number of hydrogen-bond donors (Lipinski definition) is 2. The van der Waals surface area contributed by atoms with Gasteiger partial charge in [-0.3, -0.25) is 19.7 Å². The van der Waals surface area contributed by atoms with E-state index >= 15 is 0 Å². The van der Waals surface area contributed by atoms with Gasteiger partial charge in [-0.25, -0.2) is 0 Å². The van der Waals surface area contributed by atoms with E-state index in [9.17, 15) is 14.4 Å². The Balaban J connectivity index is 1.12. The monoisotopic (exact) mass is 449 g/mol. The van der Waals surface area contributed by atoms with Gasteiger partial charge in [-0.15, -0.1) is 0 Å². The van der Waals surface area contributed by atoms with E-state index in [-0.39, 0.29) is 17.7 Å². The Labute approximate surface area is 195 Å². The summed E-state index contributed by atoms with van der Waals surface area (Å²) in [6.07, 6.45) is 12.6. The van der Waals surface area contributed by atoms with Gasteiger partial charge in [0.2, 0.25) is 11.8 Å². The number of hydrogen-bond acceptors (Lipinski definition) is 4. The highest BCUT2D eigenvalue weighted by Crippen LogP contribution is 2.47. The molecule has 0 aromatic heterocycles. The largest absolute Gasteiger partial charge is 0.322 e. The fraction of sp³-hybridized carbons (Fsp3) is 0.667. The van der Waals surface area contributed by atoms with Gasteiger partial charge in [-0.05, 0) is 86.3 Å². The van der Waals surface area contributed by atoms with Gasteiger partial charge >= 0.3 is 0 Å². The van der Waals surface area contributed by atoms with Gasteiger partial charge < -0.3 is 10.2 Å². The van der Waals surface area contributed by atoms with E-state index in [2.05, 4.69) is 22.8 Å². The van der Waals surface area contributed by atoms with Gasteiger partial charge in [-0.1, -0.05) is 25.0 Å². The molecule has 3 amide bonds. The lowest BCUT2D eigenvalue weighted by Crippen LogP contribution is -2.52. The van der Waals surface area contributed by atoms with Gasteiger partial charge in [0.25, 0.3) is 5.91 Å². The molecule has 1 aromatic carbocycles. The van der Waals surface area contributed by atoms with Gasteiger partial charge in [0.15, 0.2) is 0 Å². The minimum atomic E-state index is -0.542. The third-order valence-corrected chi connectivity index (χ3v) is 9.19. The highest BCUT2D eigenvalue weighted by Gasteiger charge is 2.42. The van der Waals surface area contributed by atoms with Gasteiger partial charge in [0, 0.05) is 30.6 Å². The molecule has 1 aromatic rings. The maximum Gasteiger partial charge on any atom is 0.255 e.